The van der Waals surface area contributed by atoms with Crippen molar-refractivity contribution in [3.8, 4) is 11.5 Å². The van der Waals surface area contributed by atoms with Crippen LogP contribution in [0.5, 0.6) is 11.5 Å². The molecule has 1 aliphatic rings. The van der Waals surface area contributed by atoms with Crippen molar-refractivity contribution in [3.05, 3.63) is 113 Å². The number of carbonyl (C=O) groups excluding carboxylic acids is 1. The highest BCUT2D eigenvalue weighted by atomic mass is 16.6. The van der Waals surface area contributed by atoms with Gasteiger partial charge in [0.25, 0.3) is 0 Å². The third-order valence-electron chi connectivity index (χ3n) is 5.75. The van der Waals surface area contributed by atoms with Crippen LogP contribution in [0.2, 0.25) is 0 Å². The summed E-state index contributed by atoms with van der Waals surface area (Å²) in [5, 5.41) is 2.34. The Labute approximate surface area is 204 Å². The number of cyclic esters (lactones) is 1. The maximum atomic E-state index is 12.4. The van der Waals surface area contributed by atoms with Crippen LogP contribution in [0.1, 0.15) is 29.2 Å². The van der Waals surface area contributed by atoms with E-state index in [1.54, 1.807) is 6.08 Å². The van der Waals surface area contributed by atoms with Gasteiger partial charge in [-0.05, 0) is 66.1 Å². The lowest BCUT2D eigenvalue weighted by Crippen LogP contribution is -2.05. The first-order chi connectivity index (χ1) is 17.1. The van der Waals surface area contributed by atoms with Crippen molar-refractivity contribution in [1.82, 2.24) is 0 Å². The van der Waals surface area contributed by atoms with Crippen molar-refractivity contribution >= 4 is 28.7 Å². The Morgan fingerprint density at radius 2 is 1.69 bits per heavy atom. The van der Waals surface area contributed by atoms with Gasteiger partial charge in [-0.3, -0.25) is 0 Å². The van der Waals surface area contributed by atoms with E-state index in [0.29, 0.717) is 30.6 Å². The number of aryl methyl sites for hydroxylation is 1. The highest BCUT2D eigenvalue weighted by Crippen LogP contribution is 2.31. The third-order valence-corrected chi connectivity index (χ3v) is 5.75. The number of hydrogen-bond acceptors (Lipinski definition) is 5. The molecular weight excluding hydrogens is 438 g/mol. The standard InChI is InChI=1S/C30H25NO4/c1-3-33-28-18-21(17-26-30(32)35-29(31-26)23-14-11-20(2)12-15-23)13-16-27(28)34-19-24-9-6-8-22-7-4-5-10-25(22)24/h4-18H,3,19H2,1-2H3/b26-17+. The Kier molecular flexibility index (Phi) is 6.31. The topological polar surface area (TPSA) is 57.1 Å². The van der Waals surface area contributed by atoms with E-state index in [4.69, 9.17) is 14.2 Å². The van der Waals surface area contributed by atoms with Gasteiger partial charge in [-0.25, -0.2) is 9.79 Å². The van der Waals surface area contributed by atoms with Gasteiger partial charge in [0.15, 0.2) is 17.2 Å². The van der Waals surface area contributed by atoms with Crippen LogP contribution in [-0.2, 0) is 16.1 Å². The van der Waals surface area contributed by atoms with Crippen molar-refractivity contribution in [2.24, 2.45) is 4.99 Å². The van der Waals surface area contributed by atoms with Gasteiger partial charge in [0.2, 0.25) is 5.90 Å². The van der Waals surface area contributed by atoms with E-state index in [9.17, 15) is 4.79 Å². The summed E-state index contributed by atoms with van der Waals surface area (Å²) in [6.45, 7) is 4.83. The maximum absolute atomic E-state index is 12.4. The summed E-state index contributed by atoms with van der Waals surface area (Å²) in [6.07, 6.45) is 1.69. The quantitative estimate of drug-likeness (QED) is 0.233. The summed E-state index contributed by atoms with van der Waals surface area (Å²) < 4.78 is 17.4. The van der Waals surface area contributed by atoms with Crippen molar-refractivity contribution in [2.75, 3.05) is 6.61 Å². The first kappa shape index (κ1) is 22.4. The van der Waals surface area contributed by atoms with E-state index in [0.717, 1.165) is 27.6 Å². The summed E-state index contributed by atoms with van der Waals surface area (Å²) >= 11 is 0. The molecule has 4 aromatic carbocycles. The number of rotatable bonds is 7. The SMILES string of the molecule is CCOc1cc(/C=C2/N=C(c3ccc(C)cc3)OC2=O)ccc1OCc1cccc2ccccc12. The summed E-state index contributed by atoms with van der Waals surface area (Å²) in [5.41, 5.74) is 4.00. The molecule has 0 saturated carbocycles. The van der Waals surface area contributed by atoms with Crippen molar-refractivity contribution in [1.29, 1.82) is 0 Å². The van der Waals surface area contributed by atoms with Gasteiger partial charge in [-0.2, -0.15) is 0 Å². The molecule has 0 aromatic heterocycles. The number of benzene rings is 4. The molecule has 5 nitrogen and oxygen atoms in total. The van der Waals surface area contributed by atoms with E-state index in [-0.39, 0.29) is 5.70 Å². The molecule has 0 unspecified atom stereocenters. The zero-order chi connectivity index (χ0) is 24.2. The zero-order valence-electron chi connectivity index (χ0n) is 19.7. The molecule has 5 heteroatoms. The summed E-state index contributed by atoms with van der Waals surface area (Å²) in [4.78, 5) is 16.8. The lowest BCUT2D eigenvalue weighted by molar-refractivity contribution is -0.129. The predicted molar refractivity (Wildman–Crippen MR) is 138 cm³/mol. The van der Waals surface area contributed by atoms with E-state index < -0.39 is 5.97 Å². The number of carbonyl (C=O) groups is 1. The first-order valence-electron chi connectivity index (χ1n) is 11.6. The van der Waals surface area contributed by atoms with E-state index in [2.05, 4.69) is 29.3 Å². The fourth-order valence-corrected chi connectivity index (χ4v) is 3.96. The molecule has 1 aliphatic heterocycles. The van der Waals surface area contributed by atoms with Gasteiger partial charge in [-0.15, -0.1) is 0 Å². The lowest BCUT2D eigenvalue weighted by atomic mass is 10.1. The van der Waals surface area contributed by atoms with Gasteiger partial charge in [0.1, 0.15) is 6.61 Å². The first-order valence-corrected chi connectivity index (χ1v) is 11.6. The van der Waals surface area contributed by atoms with Gasteiger partial charge in [0.05, 0.1) is 6.61 Å². The molecule has 174 valence electrons. The third kappa shape index (κ3) is 4.94. The average molecular weight is 464 g/mol. The number of hydrogen-bond donors (Lipinski definition) is 0. The zero-order valence-corrected chi connectivity index (χ0v) is 19.7. The van der Waals surface area contributed by atoms with Crippen LogP contribution in [-0.4, -0.2) is 18.5 Å². The molecule has 0 amide bonds. The van der Waals surface area contributed by atoms with Crippen LogP contribution < -0.4 is 9.47 Å². The second-order valence-corrected chi connectivity index (χ2v) is 8.27. The maximum Gasteiger partial charge on any atom is 0.363 e. The Balaban J connectivity index is 1.38. The Hall–Kier alpha value is -4.38. The van der Waals surface area contributed by atoms with Crippen LogP contribution in [0.25, 0.3) is 16.8 Å². The molecule has 5 rings (SSSR count). The van der Waals surface area contributed by atoms with Crippen molar-refractivity contribution in [3.63, 3.8) is 0 Å². The summed E-state index contributed by atoms with van der Waals surface area (Å²) in [7, 11) is 0. The second-order valence-electron chi connectivity index (χ2n) is 8.27. The minimum atomic E-state index is -0.477. The molecule has 0 bridgehead atoms. The van der Waals surface area contributed by atoms with Gasteiger partial charge in [0, 0.05) is 5.56 Å². The molecule has 0 N–H and O–H groups in total. The Morgan fingerprint density at radius 1 is 0.886 bits per heavy atom. The van der Waals surface area contributed by atoms with E-state index in [1.165, 1.54) is 5.39 Å². The largest absolute Gasteiger partial charge is 0.490 e. The number of ether oxygens (including phenoxy) is 3. The lowest BCUT2D eigenvalue weighted by Gasteiger charge is -2.14. The normalized spacial score (nSPS) is 14.2. The highest BCUT2D eigenvalue weighted by molar-refractivity contribution is 6.12. The smallest absolute Gasteiger partial charge is 0.363 e. The molecule has 0 radical (unpaired) electrons. The molecule has 0 fully saturated rings. The molecule has 35 heavy (non-hydrogen) atoms. The summed E-state index contributed by atoms with van der Waals surface area (Å²) in [5.74, 6) is 1.08. The van der Waals surface area contributed by atoms with Gasteiger partial charge < -0.3 is 14.2 Å². The fraction of sp³-hybridized carbons (Fsp3) is 0.133. The van der Waals surface area contributed by atoms with Crippen LogP contribution in [0.4, 0.5) is 0 Å². The van der Waals surface area contributed by atoms with Crippen LogP contribution in [0, 0.1) is 6.92 Å². The minimum absolute atomic E-state index is 0.243. The van der Waals surface area contributed by atoms with Crippen LogP contribution >= 0.6 is 0 Å². The number of esters is 1. The molecule has 0 spiro atoms. The predicted octanol–water partition coefficient (Wildman–Crippen LogP) is 6.47. The van der Waals surface area contributed by atoms with Crippen molar-refractivity contribution in [2.45, 2.75) is 20.5 Å². The van der Waals surface area contributed by atoms with Crippen molar-refractivity contribution < 1.29 is 19.0 Å². The van der Waals surface area contributed by atoms with Gasteiger partial charge >= 0.3 is 5.97 Å². The molecule has 0 saturated heterocycles. The Morgan fingerprint density at radius 3 is 2.51 bits per heavy atom. The number of aliphatic imine (C=N–C) groups is 1. The number of nitrogens with zero attached hydrogens (tertiary/aromatic N) is 1. The number of fused-ring (bicyclic) bond motifs is 1. The van der Waals surface area contributed by atoms with E-state index >= 15 is 0 Å². The second kappa shape index (κ2) is 9.85. The molecule has 1 heterocycles. The Bertz CT molecular complexity index is 1450. The summed E-state index contributed by atoms with van der Waals surface area (Å²) in [6, 6.07) is 27.7. The monoisotopic (exact) mass is 463 g/mol. The van der Waals surface area contributed by atoms with Gasteiger partial charge in [-0.1, -0.05) is 66.2 Å². The highest BCUT2D eigenvalue weighted by Gasteiger charge is 2.24. The molecular formula is C30H25NO4. The fourth-order valence-electron chi connectivity index (χ4n) is 3.96. The van der Waals surface area contributed by atoms with Crippen LogP contribution in [0.3, 0.4) is 0 Å². The average Bonchev–Trinajstić information content (AvgIpc) is 3.24. The van der Waals surface area contributed by atoms with Crippen LogP contribution in [0.15, 0.2) is 95.6 Å². The minimum Gasteiger partial charge on any atom is -0.490 e. The molecule has 0 aliphatic carbocycles. The molecule has 4 aromatic rings. The van der Waals surface area contributed by atoms with E-state index in [1.807, 2.05) is 74.5 Å². The molecule has 0 atom stereocenters.